The fourth-order valence-electron chi connectivity index (χ4n) is 2.09. The molecule has 5 atom stereocenters. The molecule has 26 heteroatoms. The van der Waals surface area contributed by atoms with Crippen LogP contribution in [0.1, 0.15) is 0 Å². The van der Waals surface area contributed by atoms with Crippen molar-refractivity contribution in [2.75, 3.05) is 13.7 Å². The van der Waals surface area contributed by atoms with Crippen molar-refractivity contribution < 1.29 is 196 Å². The zero-order chi connectivity index (χ0) is 22.8. The number of ether oxygens (including phenoxy) is 2. The van der Waals surface area contributed by atoms with Gasteiger partial charge in [-0.3, -0.25) is 16.7 Å². The smallest absolute Gasteiger partial charge is 0.726 e. The molecule has 0 spiro atoms. The summed E-state index contributed by atoms with van der Waals surface area (Å²) in [7, 11) is -22.1. The van der Waals surface area contributed by atoms with E-state index in [0.717, 1.165) is 7.11 Å². The number of methoxy groups -OCH3 is 1. The Labute approximate surface area is 278 Å². The van der Waals surface area contributed by atoms with Gasteiger partial charge in [-0.05, 0) is 0 Å². The molecule has 0 aromatic carbocycles. The van der Waals surface area contributed by atoms with E-state index in [2.05, 4.69) is 21.5 Å². The van der Waals surface area contributed by atoms with Crippen LogP contribution >= 0.6 is 0 Å². The van der Waals surface area contributed by atoms with Gasteiger partial charge < -0.3 is 27.7 Å². The van der Waals surface area contributed by atoms with Gasteiger partial charge in [0.15, 0.2) is 12.4 Å². The Morgan fingerprint density at radius 3 is 1.33 bits per heavy atom. The average molecular weight is 602 g/mol. The molecular formula is C7H10Na4O18S4. The minimum Gasteiger partial charge on any atom is -0.726 e. The summed E-state index contributed by atoms with van der Waals surface area (Å²) in [5, 5.41) is 0. The summed E-state index contributed by atoms with van der Waals surface area (Å²) in [6, 6.07) is 0. The van der Waals surface area contributed by atoms with Gasteiger partial charge in [-0.25, -0.2) is 33.7 Å². The topological polar surface area (TPSA) is 284 Å². The van der Waals surface area contributed by atoms with E-state index < -0.39 is 78.9 Å². The minimum absolute atomic E-state index is 0. The zero-order valence-corrected chi connectivity index (χ0v) is 28.8. The van der Waals surface area contributed by atoms with E-state index in [4.69, 9.17) is 4.74 Å². The molecule has 0 unspecified atom stereocenters. The molecular weight excluding hydrogens is 592 g/mol. The molecule has 1 fully saturated rings. The Morgan fingerprint density at radius 2 is 1.00 bits per heavy atom. The maximum absolute atomic E-state index is 10.9. The Kier molecular flexibility index (Phi) is 22.6. The Morgan fingerprint density at radius 1 is 0.636 bits per heavy atom. The SMILES string of the molecule is CO[C@@H]1O[C@H](COS(=O)(=O)[O-])[C@H](OS(=O)(=O)[O-])[C@H](OS(=O)(=O)[O-])[C@H]1OS(=O)(=O)[O-].[Na+].[Na+].[Na+].[Na+]. The molecule has 0 aromatic rings. The van der Waals surface area contributed by atoms with Crippen molar-refractivity contribution in [1.82, 2.24) is 0 Å². The molecule has 174 valence electrons. The van der Waals surface area contributed by atoms with E-state index in [0.29, 0.717) is 0 Å². The molecule has 1 heterocycles. The summed E-state index contributed by atoms with van der Waals surface area (Å²) in [6.07, 6.45) is -12.3. The van der Waals surface area contributed by atoms with Crippen LogP contribution < -0.4 is 118 Å². The first-order valence-electron chi connectivity index (χ1n) is 6.52. The first kappa shape index (κ1) is 43.5. The van der Waals surface area contributed by atoms with Gasteiger partial charge in [0.1, 0.15) is 18.3 Å². The van der Waals surface area contributed by atoms with Gasteiger partial charge in [-0.1, -0.05) is 0 Å². The minimum atomic E-state index is -5.83. The molecule has 0 radical (unpaired) electrons. The van der Waals surface area contributed by atoms with Gasteiger partial charge in [0.25, 0.3) is 0 Å². The molecule has 1 aliphatic rings. The fourth-order valence-corrected chi connectivity index (χ4v) is 3.86. The van der Waals surface area contributed by atoms with E-state index in [1.807, 2.05) is 0 Å². The molecule has 0 N–H and O–H groups in total. The Hall–Kier alpha value is 3.40. The summed E-state index contributed by atoms with van der Waals surface area (Å²) in [5.74, 6) is 0. The van der Waals surface area contributed by atoms with E-state index in [1.165, 1.54) is 0 Å². The molecule has 33 heavy (non-hydrogen) atoms. The molecule has 0 aromatic heterocycles. The largest absolute Gasteiger partial charge is 1.00 e. The summed E-state index contributed by atoms with van der Waals surface area (Å²) >= 11 is 0. The van der Waals surface area contributed by atoms with Crippen molar-refractivity contribution in [1.29, 1.82) is 0 Å². The predicted molar refractivity (Wildman–Crippen MR) is 75.0 cm³/mol. The van der Waals surface area contributed by atoms with Crippen LogP contribution in [0.25, 0.3) is 0 Å². The number of rotatable bonds is 10. The first-order chi connectivity index (χ1) is 12.8. The van der Waals surface area contributed by atoms with E-state index >= 15 is 0 Å². The third-order valence-electron chi connectivity index (χ3n) is 2.89. The van der Waals surface area contributed by atoms with Crippen LogP contribution in [0.15, 0.2) is 0 Å². The van der Waals surface area contributed by atoms with E-state index in [9.17, 15) is 51.9 Å². The Bertz CT molecular complexity index is 994. The van der Waals surface area contributed by atoms with Crippen LogP contribution in [0.3, 0.4) is 0 Å². The van der Waals surface area contributed by atoms with Crippen LogP contribution in [0.4, 0.5) is 0 Å². The fraction of sp³-hybridized carbons (Fsp3) is 1.00. The molecule has 0 saturated carbocycles. The van der Waals surface area contributed by atoms with Crippen molar-refractivity contribution in [3.8, 4) is 0 Å². The van der Waals surface area contributed by atoms with Crippen LogP contribution in [0.5, 0.6) is 0 Å². The third kappa shape index (κ3) is 18.3. The molecule has 18 nitrogen and oxygen atoms in total. The second-order valence-electron chi connectivity index (χ2n) is 4.88. The summed E-state index contributed by atoms with van der Waals surface area (Å²) in [5.41, 5.74) is 0. The molecule has 1 rings (SSSR count). The van der Waals surface area contributed by atoms with Crippen LogP contribution in [-0.4, -0.2) is 96.3 Å². The normalized spacial score (nSPS) is 26.0. The van der Waals surface area contributed by atoms with Crippen LogP contribution in [-0.2, 0) is 67.8 Å². The standard InChI is InChI=1S/C7H14O18S4.4Na/c1-20-7-6(25-29(17,18)19)5(24-28(14,15)16)4(23-27(11,12)13)3(22-7)2-21-26(8,9)10;;;;/h3-7H,2H2,1H3,(H,8,9,10)(H,11,12,13)(H,14,15,16)(H,17,18,19);;;;/q;4*+1/p-4/t3-,4+,5+,6-,7-;;;;/m1..../s1. The molecule has 0 amide bonds. The van der Waals surface area contributed by atoms with Crippen molar-refractivity contribution >= 4 is 41.6 Å². The van der Waals surface area contributed by atoms with Crippen LogP contribution in [0.2, 0.25) is 0 Å². The van der Waals surface area contributed by atoms with Crippen LogP contribution in [0, 0.1) is 0 Å². The molecule has 0 bridgehead atoms. The van der Waals surface area contributed by atoms with Crippen molar-refractivity contribution in [3.63, 3.8) is 0 Å². The monoisotopic (exact) mass is 602 g/mol. The molecule has 1 saturated heterocycles. The maximum atomic E-state index is 10.9. The second kappa shape index (κ2) is 17.2. The van der Waals surface area contributed by atoms with Crippen molar-refractivity contribution in [2.24, 2.45) is 0 Å². The van der Waals surface area contributed by atoms with E-state index in [-0.39, 0.29) is 118 Å². The van der Waals surface area contributed by atoms with Gasteiger partial charge in [-0.15, -0.1) is 0 Å². The Balaban J connectivity index is -0.00000105. The quantitative estimate of drug-likeness (QED) is 0.127. The third-order valence-corrected chi connectivity index (χ3v) is 4.69. The molecule has 0 aliphatic carbocycles. The summed E-state index contributed by atoms with van der Waals surface area (Å²) < 4.78 is 155. The van der Waals surface area contributed by atoms with Crippen molar-refractivity contribution in [2.45, 2.75) is 30.7 Å². The first-order valence-corrected chi connectivity index (χ1v) is 11.9. The van der Waals surface area contributed by atoms with Gasteiger partial charge in [0.05, 0.1) is 6.61 Å². The van der Waals surface area contributed by atoms with Gasteiger partial charge >= 0.3 is 118 Å². The van der Waals surface area contributed by atoms with Gasteiger partial charge in [0, 0.05) is 7.11 Å². The average Bonchev–Trinajstić information content (AvgIpc) is 2.44. The summed E-state index contributed by atoms with van der Waals surface area (Å²) in [4.78, 5) is 0. The predicted octanol–water partition coefficient (Wildman–Crippen LogP) is -16.6. The number of hydrogen-bond acceptors (Lipinski definition) is 18. The zero-order valence-electron chi connectivity index (χ0n) is 17.6. The number of hydrogen-bond donors (Lipinski definition) is 0. The van der Waals surface area contributed by atoms with E-state index in [1.54, 1.807) is 0 Å². The molecule has 1 aliphatic heterocycles. The van der Waals surface area contributed by atoms with Gasteiger partial charge in [0.2, 0.25) is 41.6 Å². The summed E-state index contributed by atoms with van der Waals surface area (Å²) in [6.45, 7) is -1.46. The maximum Gasteiger partial charge on any atom is 1.00 e. The van der Waals surface area contributed by atoms with Crippen molar-refractivity contribution in [3.05, 3.63) is 0 Å². The van der Waals surface area contributed by atoms with Gasteiger partial charge in [-0.2, -0.15) is 0 Å². The second-order valence-corrected chi connectivity index (χ2v) is 8.96.